The van der Waals surface area contributed by atoms with Crippen LogP contribution in [0.5, 0.6) is 0 Å². The zero-order chi connectivity index (χ0) is 13.1. The standard InChI is InChI=1S/C16H24N2O/c1-18(11-13-7-3-2-4-8-13)12-15-14-9-5-6-10-16(14)19-17-15/h2-3,13H,4-12H2,1H3/t13-/m0/s1. The predicted molar refractivity (Wildman–Crippen MR) is 76.0 cm³/mol. The molecule has 2 aliphatic rings. The molecule has 1 atom stereocenters. The van der Waals surface area contributed by atoms with Gasteiger partial charge in [0.2, 0.25) is 0 Å². The van der Waals surface area contributed by atoms with E-state index in [-0.39, 0.29) is 0 Å². The average Bonchev–Trinajstić information content (AvgIpc) is 2.83. The monoisotopic (exact) mass is 260 g/mol. The molecular formula is C16H24N2O. The van der Waals surface area contributed by atoms with E-state index in [9.17, 15) is 0 Å². The molecule has 1 aromatic heterocycles. The molecule has 0 aliphatic heterocycles. The summed E-state index contributed by atoms with van der Waals surface area (Å²) >= 11 is 0. The SMILES string of the molecule is CN(Cc1noc2c1CCCC2)C[C@H]1CC=CCC1. The Morgan fingerprint density at radius 2 is 2.21 bits per heavy atom. The molecule has 0 fully saturated rings. The van der Waals surface area contributed by atoms with Gasteiger partial charge in [0.15, 0.2) is 0 Å². The molecule has 0 spiro atoms. The third-order valence-corrected chi connectivity index (χ3v) is 4.40. The molecule has 0 amide bonds. The minimum absolute atomic E-state index is 0.817. The first kappa shape index (κ1) is 12.9. The smallest absolute Gasteiger partial charge is 0.140 e. The molecule has 19 heavy (non-hydrogen) atoms. The Morgan fingerprint density at radius 3 is 3.05 bits per heavy atom. The van der Waals surface area contributed by atoms with Gasteiger partial charge >= 0.3 is 0 Å². The van der Waals surface area contributed by atoms with Crippen LogP contribution in [0.15, 0.2) is 16.7 Å². The van der Waals surface area contributed by atoms with Crippen molar-refractivity contribution in [1.29, 1.82) is 0 Å². The van der Waals surface area contributed by atoms with Gasteiger partial charge in [0, 0.05) is 25.1 Å². The van der Waals surface area contributed by atoms with E-state index in [1.807, 2.05) is 0 Å². The van der Waals surface area contributed by atoms with Gasteiger partial charge in [-0.2, -0.15) is 0 Å². The number of fused-ring (bicyclic) bond motifs is 1. The van der Waals surface area contributed by atoms with Gasteiger partial charge in [-0.05, 0) is 51.5 Å². The molecule has 3 heteroatoms. The first-order valence-corrected chi connectivity index (χ1v) is 7.63. The van der Waals surface area contributed by atoms with Crippen LogP contribution in [0.2, 0.25) is 0 Å². The molecule has 0 N–H and O–H groups in total. The van der Waals surface area contributed by atoms with Crippen molar-refractivity contribution >= 4 is 0 Å². The van der Waals surface area contributed by atoms with Crippen LogP contribution >= 0.6 is 0 Å². The van der Waals surface area contributed by atoms with Crippen LogP contribution < -0.4 is 0 Å². The van der Waals surface area contributed by atoms with Gasteiger partial charge < -0.3 is 9.42 Å². The molecule has 1 heterocycles. The Bertz CT molecular complexity index is 450. The van der Waals surface area contributed by atoms with Gasteiger partial charge in [-0.25, -0.2) is 0 Å². The van der Waals surface area contributed by atoms with Gasteiger partial charge in [-0.1, -0.05) is 17.3 Å². The molecule has 1 aromatic rings. The molecule has 3 rings (SSSR count). The molecule has 0 saturated heterocycles. The predicted octanol–water partition coefficient (Wildman–Crippen LogP) is 3.34. The fourth-order valence-corrected chi connectivity index (χ4v) is 3.36. The minimum Gasteiger partial charge on any atom is -0.361 e. The number of nitrogens with zero attached hydrogens (tertiary/aromatic N) is 2. The fourth-order valence-electron chi connectivity index (χ4n) is 3.36. The summed E-state index contributed by atoms with van der Waals surface area (Å²) in [5.74, 6) is 1.97. The summed E-state index contributed by atoms with van der Waals surface area (Å²) < 4.78 is 5.49. The summed E-state index contributed by atoms with van der Waals surface area (Å²) in [4.78, 5) is 2.41. The Morgan fingerprint density at radius 1 is 1.32 bits per heavy atom. The van der Waals surface area contributed by atoms with E-state index >= 15 is 0 Å². The highest BCUT2D eigenvalue weighted by atomic mass is 16.5. The van der Waals surface area contributed by atoms with Crippen LogP contribution in [-0.2, 0) is 19.4 Å². The average molecular weight is 260 g/mol. The highest BCUT2D eigenvalue weighted by Crippen LogP contribution is 2.25. The van der Waals surface area contributed by atoms with Crippen LogP contribution in [0.4, 0.5) is 0 Å². The quantitative estimate of drug-likeness (QED) is 0.778. The second kappa shape index (κ2) is 5.91. The van der Waals surface area contributed by atoms with Crippen molar-refractivity contribution in [3.8, 4) is 0 Å². The van der Waals surface area contributed by atoms with Crippen molar-refractivity contribution in [3.63, 3.8) is 0 Å². The second-order valence-corrected chi connectivity index (χ2v) is 6.09. The van der Waals surface area contributed by atoms with Crippen LogP contribution in [0, 0.1) is 5.92 Å². The van der Waals surface area contributed by atoms with Crippen LogP contribution in [-0.4, -0.2) is 23.6 Å². The molecule has 0 saturated carbocycles. The topological polar surface area (TPSA) is 29.3 Å². The van der Waals surface area contributed by atoms with Crippen molar-refractivity contribution in [2.75, 3.05) is 13.6 Å². The zero-order valence-electron chi connectivity index (χ0n) is 11.9. The highest BCUT2D eigenvalue weighted by Gasteiger charge is 2.21. The summed E-state index contributed by atoms with van der Waals surface area (Å²) in [7, 11) is 2.21. The number of rotatable bonds is 4. The van der Waals surface area contributed by atoms with E-state index in [2.05, 4.69) is 29.3 Å². The van der Waals surface area contributed by atoms with E-state index in [1.54, 1.807) is 0 Å². The van der Waals surface area contributed by atoms with E-state index < -0.39 is 0 Å². The van der Waals surface area contributed by atoms with Crippen LogP contribution in [0.3, 0.4) is 0 Å². The second-order valence-electron chi connectivity index (χ2n) is 6.09. The third kappa shape index (κ3) is 3.08. The summed E-state index contributed by atoms with van der Waals surface area (Å²) in [6.45, 7) is 2.12. The van der Waals surface area contributed by atoms with E-state index in [0.717, 1.165) is 31.1 Å². The summed E-state index contributed by atoms with van der Waals surface area (Å²) in [5.41, 5.74) is 2.59. The third-order valence-electron chi connectivity index (χ3n) is 4.40. The van der Waals surface area contributed by atoms with E-state index in [1.165, 1.54) is 49.9 Å². The number of hydrogen-bond acceptors (Lipinski definition) is 3. The minimum atomic E-state index is 0.817. The summed E-state index contributed by atoms with van der Waals surface area (Å²) in [6, 6.07) is 0. The maximum Gasteiger partial charge on any atom is 0.140 e. The Hall–Kier alpha value is -1.09. The molecular weight excluding hydrogens is 236 g/mol. The lowest BCUT2D eigenvalue weighted by atomic mass is 9.93. The highest BCUT2D eigenvalue weighted by molar-refractivity contribution is 5.25. The van der Waals surface area contributed by atoms with Crippen LogP contribution in [0.25, 0.3) is 0 Å². The normalized spacial score (nSPS) is 22.7. The number of hydrogen-bond donors (Lipinski definition) is 0. The van der Waals surface area contributed by atoms with Crippen molar-refractivity contribution in [3.05, 3.63) is 29.2 Å². The maximum absolute atomic E-state index is 5.49. The summed E-state index contributed by atoms with van der Waals surface area (Å²) in [6.07, 6.45) is 13.2. The van der Waals surface area contributed by atoms with Gasteiger partial charge in [0.25, 0.3) is 0 Å². The largest absolute Gasteiger partial charge is 0.361 e. The molecule has 0 aromatic carbocycles. The number of aromatic nitrogens is 1. The number of aryl methyl sites for hydroxylation is 1. The molecule has 104 valence electrons. The van der Waals surface area contributed by atoms with E-state index in [0.29, 0.717) is 0 Å². The Kier molecular flexibility index (Phi) is 4.02. The van der Waals surface area contributed by atoms with Crippen molar-refractivity contribution < 1.29 is 4.52 Å². The number of allylic oxidation sites excluding steroid dienone is 2. The van der Waals surface area contributed by atoms with Gasteiger partial charge in [0.05, 0.1) is 0 Å². The Labute approximate surface area is 115 Å². The van der Waals surface area contributed by atoms with Crippen molar-refractivity contribution in [2.45, 2.75) is 51.5 Å². The van der Waals surface area contributed by atoms with Gasteiger partial charge in [0.1, 0.15) is 11.5 Å². The Balaban J connectivity index is 1.58. The zero-order valence-corrected chi connectivity index (χ0v) is 11.9. The van der Waals surface area contributed by atoms with Crippen LogP contribution in [0.1, 0.15) is 49.1 Å². The summed E-state index contributed by atoms with van der Waals surface area (Å²) in [5, 5.41) is 4.30. The van der Waals surface area contributed by atoms with Gasteiger partial charge in [-0.3, -0.25) is 0 Å². The van der Waals surface area contributed by atoms with Crippen molar-refractivity contribution in [2.24, 2.45) is 5.92 Å². The fraction of sp³-hybridized carbons (Fsp3) is 0.688. The van der Waals surface area contributed by atoms with Gasteiger partial charge in [-0.15, -0.1) is 0 Å². The lowest BCUT2D eigenvalue weighted by Crippen LogP contribution is -2.26. The molecule has 0 bridgehead atoms. The van der Waals surface area contributed by atoms with E-state index in [4.69, 9.17) is 4.52 Å². The molecule has 0 radical (unpaired) electrons. The first-order chi connectivity index (χ1) is 9.33. The molecule has 2 aliphatic carbocycles. The lowest BCUT2D eigenvalue weighted by Gasteiger charge is -2.24. The lowest BCUT2D eigenvalue weighted by molar-refractivity contribution is 0.250. The maximum atomic E-state index is 5.49. The van der Waals surface area contributed by atoms with Crippen molar-refractivity contribution in [1.82, 2.24) is 10.1 Å². The molecule has 0 unspecified atom stereocenters. The molecule has 3 nitrogen and oxygen atoms in total. The first-order valence-electron chi connectivity index (χ1n) is 7.63.